The Labute approximate surface area is 111 Å². The Morgan fingerprint density at radius 2 is 2.00 bits per heavy atom. The summed E-state index contributed by atoms with van der Waals surface area (Å²) in [6.45, 7) is 0.759. The topological polar surface area (TPSA) is 116 Å². The summed E-state index contributed by atoms with van der Waals surface area (Å²) in [5.74, 6) is -2.42. The Morgan fingerprint density at radius 3 is 2.53 bits per heavy atom. The van der Waals surface area contributed by atoms with Crippen molar-refractivity contribution in [1.82, 2.24) is 10.6 Å². The van der Waals surface area contributed by atoms with E-state index >= 15 is 0 Å². The molecule has 1 amide bonds. The van der Waals surface area contributed by atoms with E-state index in [0.717, 1.165) is 19.4 Å². The van der Waals surface area contributed by atoms with Crippen molar-refractivity contribution >= 4 is 17.8 Å². The molecule has 19 heavy (non-hydrogen) atoms. The van der Waals surface area contributed by atoms with Gasteiger partial charge in [-0.15, -0.1) is 0 Å². The second-order valence-electron chi connectivity index (χ2n) is 4.69. The van der Waals surface area contributed by atoms with E-state index in [1.165, 1.54) is 0 Å². The maximum absolute atomic E-state index is 11.9. The molecule has 2 atom stereocenters. The summed E-state index contributed by atoms with van der Waals surface area (Å²) >= 11 is 0. The lowest BCUT2D eigenvalue weighted by molar-refractivity contribution is -0.143. The Balaban J connectivity index is 2.41. The fourth-order valence-electron chi connectivity index (χ4n) is 2.06. The largest absolute Gasteiger partial charge is 0.481 e. The number of hydrogen-bond donors (Lipinski definition) is 4. The molecule has 1 saturated heterocycles. The molecule has 1 rings (SSSR count). The Morgan fingerprint density at radius 1 is 1.26 bits per heavy atom. The lowest BCUT2D eigenvalue weighted by Gasteiger charge is -2.24. The normalized spacial score (nSPS) is 20.5. The van der Waals surface area contributed by atoms with Crippen LogP contribution in [0.25, 0.3) is 0 Å². The highest BCUT2D eigenvalue weighted by Crippen LogP contribution is 2.08. The minimum absolute atomic E-state index is 0.0959. The summed E-state index contributed by atoms with van der Waals surface area (Å²) in [5, 5.41) is 23.0. The number of hydrogen-bond acceptors (Lipinski definition) is 4. The van der Waals surface area contributed by atoms with Crippen LogP contribution in [-0.2, 0) is 14.4 Å². The molecule has 0 aromatic carbocycles. The van der Waals surface area contributed by atoms with Gasteiger partial charge in [-0.25, -0.2) is 4.79 Å². The summed E-state index contributed by atoms with van der Waals surface area (Å²) in [5.41, 5.74) is 0. The number of aliphatic carboxylic acids is 2. The van der Waals surface area contributed by atoms with Gasteiger partial charge < -0.3 is 20.8 Å². The predicted molar refractivity (Wildman–Crippen MR) is 66.7 cm³/mol. The van der Waals surface area contributed by atoms with Gasteiger partial charge in [-0.1, -0.05) is 6.42 Å². The second-order valence-corrected chi connectivity index (χ2v) is 4.69. The first-order valence-corrected chi connectivity index (χ1v) is 6.49. The number of carbonyl (C=O) groups is 3. The van der Waals surface area contributed by atoms with Crippen LogP contribution in [0, 0.1) is 0 Å². The molecule has 0 aromatic heterocycles. The minimum atomic E-state index is -1.13. The van der Waals surface area contributed by atoms with Crippen LogP contribution in [0.5, 0.6) is 0 Å². The first-order valence-electron chi connectivity index (χ1n) is 6.49. The monoisotopic (exact) mass is 272 g/mol. The molecule has 4 N–H and O–H groups in total. The average Bonchev–Trinajstić information content (AvgIpc) is 2.37. The number of nitrogens with one attached hydrogen (secondary N) is 2. The van der Waals surface area contributed by atoms with Gasteiger partial charge in [-0.3, -0.25) is 9.59 Å². The van der Waals surface area contributed by atoms with Gasteiger partial charge in [-0.2, -0.15) is 0 Å². The quantitative estimate of drug-likeness (QED) is 0.516. The van der Waals surface area contributed by atoms with Crippen molar-refractivity contribution in [3.05, 3.63) is 0 Å². The predicted octanol–water partition coefficient (Wildman–Crippen LogP) is -0.0472. The van der Waals surface area contributed by atoms with Crippen molar-refractivity contribution in [1.29, 1.82) is 0 Å². The van der Waals surface area contributed by atoms with Gasteiger partial charge in [0.25, 0.3) is 0 Å². The molecular formula is C12H20N2O5. The second kappa shape index (κ2) is 7.73. The van der Waals surface area contributed by atoms with E-state index in [9.17, 15) is 14.4 Å². The van der Waals surface area contributed by atoms with Gasteiger partial charge in [0.1, 0.15) is 6.04 Å². The highest BCUT2D eigenvalue weighted by atomic mass is 16.4. The van der Waals surface area contributed by atoms with Crippen LogP contribution in [0.15, 0.2) is 0 Å². The number of rotatable bonds is 7. The van der Waals surface area contributed by atoms with E-state index in [1.54, 1.807) is 0 Å². The lowest BCUT2D eigenvalue weighted by Crippen LogP contribution is -2.51. The first-order chi connectivity index (χ1) is 9.00. The van der Waals surface area contributed by atoms with Crippen molar-refractivity contribution in [2.45, 2.75) is 50.6 Å². The van der Waals surface area contributed by atoms with E-state index in [-0.39, 0.29) is 31.2 Å². The zero-order valence-corrected chi connectivity index (χ0v) is 10.7. The van der Waals surface area contributed by atoms with Gasteiger partial charge in [0.15, 0.2) is 0 Å². The third-order valence-electron chi connectivity index (χ3n) is 3.12. The number of carbonyl (C=O) groups excluding carboxylic acids is 1. The molecule has 7 heteroatoms. The van der Waals surface area contributed by atoms with Crippen molar-refractivity contribution < 1.29 is 24.6 Å². The van der Waals surface area contributed by atoms with Gasteiger partial charge in [0.05, 0.1) is 6.04 Å². The zero-order chi connectivity index (χ0) is 14.3. The summed E-state index contributed by atoms with van der Waals surface area (Å²) in [6.07, 6.45) is 2.92. The van der Waals surface area contributed by atoms with Crippen molar-refractivity contribution in [3.63, 3.8) is 0 Å². The van der Waals surface area contributed by atoms with Crippen molar-refractivity contribution in [2.24, 2.45) is 0 Å². The molecule has 108 valence electrons. The molecule has 1 fully saturated rings. The van der Waals surface area contributed by atoms with Crippen LogP contribution >= 0.6 is 0 Å². The van der Waals surface area contributed by atoms with E-state index in [4.69, 9.17) is 10.2 Å². The highest BCUT2D eigenvalue weighted by Gasteiger charge is 2.25. The summed E-state index contributed by atoms with van der Waals surface area (Å²) in [6, 6.07) is -1.36. The van der Waals surface area contributed by atoms with Crippen LogP contribution in [0.4, 0.5) is 0 Å². The van der Waals surface area contributed by atoms with Crippen LogP contribution in [0.3, 0.4) is 0 Å². The number of amides is 1. The third-order valence-corrected chi connectivity index (χ3v) is 3.12. The Bertz CT molecular complexity index is 339. The molecule has 0 bridgehead atoms. The van der Waals surface area contributed by atoms with E-state index in [2.05, 4.69) is 10.6 Å². The number of piperidine rings is 1. The molecular weight excluding hydrogens is 252 g/mol. The fourth-order valence-corrected chi connectivity index (χ4v) is 2.06. The SMILES string of the molecule is O=C(O)CCC[C@@H](NC(=O)[C@H]1CCCCN1)C(=O)O. The maximum Gasteiger partial charge on any atom is 0.326 e. The van der Waals surface area contributed by atoms with Crippen molar-refractivity contribution in [2.75, 3.05) is 6.54 Å². The van der Waals surface area contributed by atoms with Crippen molar-refractivity contribution in [3.8, 4) is 0 Å². The van der Waals surface area contributed by atoms with E-state index in [0.29, 0.717) is 6.42 Å². The van der Waals surface area contributed by atoms with E-state index in [1.807, 2.05) is 0 Å². The van der Waals surface area contributed by atoms with Crippen LogP contribution < -0.4 is 10.6 Å². The third kappa shape index (κ3) is 5.69. The lowest BCUT2D eigenvalue weighted by atomic mass is 10.0. The van der Waals surface area contributed by atoms with Crippen LogP contribution in [0.1, 0.15) is 38.5 Å². The first kappa shape index (κ1) is 15.4. The van der Waals surface area contributed by atoms with E-state index < -0.39 is 18.0 Å². The highest BCUT2D eigenvalue weighted by molar-refractivity contribution is 5.87. The maximum atomic E-state index is 11.9. The van der Waals surface area contributed by atoms with Crippen LogP contribution in [0.2, 0.25) is 0 Å². The molecule has 0 saturated carbocycles. The average molecular weight is 272 g/mol. The molecule has 0 spiro atoms. The zero-order valence-electron chi connectivity index (χ0n) is 10.7. The fraction of sp³-hybridized carbons (Fsp3) is 0.750. The Kier molecular flexibility index (Phi) is 6.27. The molecule has 0 radical (unpaired) electrons. The molecule has 0 aromatic rings. The number of carboxylic acid groups (broad SMARTS) is 2. The standard InChI is InChI=1S/C12H20N2O5/c15-10(16)6-3-5-9(12(18)19)14-11(17)8-4-1-2-7-13-8/h8-9,13H,1-7H2,(H,14,17)(H,15,16)(H,18,19)/t8-,9-/m1/s1. The molecule has 0 aliphatic carbocycles. The molecule has 0 unspecified atom stereocenters. The van der Waals surface area contributed by atoms with Gasteiger partial charge in [0.2, 0.25) is 5.91 Å². The van der Waals surface area contributed by atoms with Gasteiger partial charge >= 0.3 is 11.9 Å². The minimum Gasteiger partial charge on any atom is -0.481 e. The number of carboxylic acids is 2. The Hall–Kier alpha value is -1.63. The van der Waals surface area contributed by atoms with Gasteiger partial charge in [-0.05, 0) is 32.2 Å². The molecule has 1 aliphatic rings. The summed E-state index contributed by atoms with van der Waals surface area (Å²) in [4.78, 5) is 33.2. The summed E-state index contributed by atoms with van der Waals surface area (Å²) in [7, 11) is 0. The van der Waals surface area contributed by atoms with Gasteiger partial charge in [0, 0.05) is 6.42 Å². The smallest absolute Gasteiger partial charge is 0.326 e. The molecule has 1 heterocycles. The van der Waals surface area contributed by atoms with Crippen LogP contribution in [-0.4, -0.2) is 46.7 Å². The molecule has 7 nitrogen and oxygen atoms in total. The summed E-state index contributed by atoms with van der Waals surface area (Å²) < 4.78 is 0. The molecule has 1 aliphatic heterocycles.